The molecule has 0 spiro atoms. The lowest BCUT2D eigenvalue weighted by Crippen LogP contribution is -2.42. The molecule has 26 heteroatoms. The summed E-state index contributed by atoms with van der Waals surface area (Å²) >= 11 is 0. The smallest absolute Gasteiger partial charge is 0.227 e. The number of hydrogen-bond donors (Lipinski definition) is 0. The molecule has 0 saturated heterocycles. The monoisotopic (exact) mass is 1710 g/mol. The van der Waals surface area contributed by atoms with Crippen LogP contribution in [0.4, 0.5) is 86.1 Å². The van der Waals surface area contributed by atoms with Crippen LogP contribution in [0.5, 0.6) is 0 Å². The summed E-state index contributed by atoms with van der Waals surface area (Å²) in [7, 11) is 6.21. The van der Waals surface area contributed by atoms with E-state index in [1.165, 1.54) is 11.1 Å². The molecule has 25 rings (SSSR count). The number of nitrogens with zero attached hydrogens (tertiary/aromatic N) is 21. The van der Waals surface area contributed by atoms with Crippen molar-refractivity contribution in [1.82, 2.24) is 54.8 Å². The predicted octanol–water partition coefficient (Wildman–Crippen LogP) is 24.0. The fraction of sp³-hybridized carbons (Fsp3) is 0.233. The SMILES string of the molecule is Cc1ccc2c(oc3ncccc32)c1N1c2cccnc2N(C(C)C)C1C.Cc1ccc2c(oc3ncccc32)c1N1c2cccnc2N(C)C1C.Cc1ccc2c(oc3ncccc32)c1N1c2ncccc2N(C(C)C)C1C.Cc1ccc2c(oc3ncccc32)c1N1c2ncccc2N(C)C1C.Cc1ccc2c(oc3ncccc32)c1N1c2nccnc2N(C)C1C. The fourth-order valence-electron chi connectivity index (χ4n) is 19.8. The van der Waals surface area contributed by atoms with Gasteiger partial charge in [0.05, 0.1) is 51.2 Å². The van der Waals surface area contributed by atoms with E-state index in [1.54, 1.807) is 43.4 Å². The Bertz CT molecular complexity index is 7180. The Morgan fingerprint density at radius 3 is 0.868 bits per heavy atom. The van der Waals surface area contributed by atoms with Crippen molar-refractivity contribution in [2.75, 3.05) is 70.1 Å². The summed E-state index contributed by atoms with van der Waals surface area (Å²) in [5.41, 5.74) is 23.3. The van der Waals surface area contributed by atoms with Crippen LogP contribution in [0.25, 0.3) is 110 Å². The van der Waals surface area contributed by atoms with Gasteiger partial charge in [0.2, 0.25) is 28.6 Å². The highest BCUT2D eigenvalue weighted by Crippen LogP contribution is 2.54. The normalized spacial score (nSPS) is 16.8. The second-order valence-corrected chi connectivity index (χ2v) is 34.3. The summed E-state index contributed by atoms with van der Waals surface area (Å²) < 4.78 is 31.0. The van der Waals surface area contributed by atoms with Gasteiger partial charge in [-0.1, -0.05) is 60.7 Å². The van der Waals surface area contributed by atoms with Crippen LogP contribution in [0.15, 0.2) is 260 Å². The van der Waals surface area contributed by atoms with E-state index < -0.39 is 0 Å². The van der Waals surface area contributed by atoms with E-state index in [4.69, 9.17) is 27.1 Å². The molecule has 0 radical (unpaired) electrons. The molecule has 129 heavy (non-hydrogen) atoms. The fourth-order valence-corrected chi connectivity index (χ4v) is 19.8. The third-order valence-electron chi connectivity index (χ3n) is 26.1. The minimum atomic E-state index is 0.0860. The molecular weight excluding hydrogens is 1610 g/mol. The number of furan rings is 5. The predicted molar refractivity (Wildman–Crippen MR) is 519 cm³/mol. The van der Waals surface area contributed by atoms with Gasteiger partial charge in [-0.05, 0) is 234 Å². The molecule has 0 aliphatic carbocycles. The number of hydrogen-bond acceptors (Lipinski definition) is 26. The maximum absolute atomic E-state index is 6.24. The minimum absolute atomic E-state index is 0.0860. The zero-order valence-electron chi connectivity index (χ0n) is 75.0. The van der Waals surface area contributed by atoms with E-state index in [0.717, 1.165) is 185 Å². The van der Waals surface area contributed by atoms with Crippen molar-refractivity contribution < 1.29 is 22.1 Å². The van der Waals surface area contributed by atoms with Gasteiger partial charge in [-0.2, -0.15) is 0 Å². The molecule has 0 N–H and O–H groups in total. The maximum Gasteiger partial charge on any atom is 0.227 e. The van der Waals surface area contributed by atoms with Crippen LogP contribution in [0.3, 0.4) is 0 Å². The van der Waals surface area contributed by atoms with Crippen molar-refractivity contribution in [2.45, 2.75) is 140 Å². The van der Waals surface area contributed by atoms with Crippen molar-refractivity contribution in [3.05, 3.63) is 266 Å². The standard InChI is InChI=1S/2C22H22N4O.2C20H18N4O.C19H17N5O/c1-13(2)25-15(4)26(18-8-6-11-23-21(18)25)19-14(3)9-10-16-17-7-5-12-24-22(17)27-20(16)19;1-13(2)25-15(4)26(21-18(25)8-6-11-23-21)19-14(3)9-10-16-17-7-5-12-24-22(17)27-20(16)19;1-12-8-9-14-15-6-4-11-22-20(15)25-18(14)17(12)24-13(2)23(3)19-16(24)7-5-10-21-19;1-12-8-9-14-15-6-4-11-22-20(15)25-18(14)17(12)24-13(2)23(3)16-7-5-10-21-19(16)24;1-11-6-7-13-14-5-4-8-22-19(14)25-16(13)15(11)24-12(2)23(3)17-18(24)21-10-9-20-17/h2*5-13,15H,1-4H3;2*4-11,13H,1-3H3;4-10,12H,1-3H3. The van der Waals surface area contributed by atoms with E-state index in [1.807, 2.05) is 92.5 Å². The number of rotatable bonds is 7. The van der Waals surface area contributed by atoms with Crippen LogP contribution in [-0.2, 0) is 0 Å². The first-order valence-corrected chi connectivity index (χ1v) is 43.8. The van der Waals surface area contributed by atoms with Gasteiger partial charge in [0.15, 0.2) is 62.8 Å². The average Bonchev–Trinajstić information content (AvgIpc) is 1.42. The van der Waals surface area contributed by atoms with E-state index >= 15 is 0 Å². The second kappa shape index (κ2) is 31.6. The molecule has 26 nitrogen and oxygen atoms in total. The molecule has 0 saturated carbocycles. The van der Waals surface area contributed by atoms with Crippen molar-refractivity contribution in [3.8, 4) is 0 Å². The minimum Gasteiger partial charge on any atom is -0.435 e. The van der Waals surface area contributed by atoms with Crippen molar-refractivity contribution in [1.29, 1.82) is 0 Å². The summed E-state index contributed by atoms with van der Waals surface area (Å²) in [4.78, 5) is 72.4. The summed E-state index contributed by atoms with van der Waals surface area (Å²) in [6.07, 6.45) is 20.3. The van der Waals surface area contributed by atoms with Crippen LogP contribution in [0.1, 0.15) is 90.1 Å². The molecule has 5 aliphatic heterocycles. The third kappa shape index (κ3) is 12.8. The highest BCUT2D eigenvalue weighted by Gasteiger charge is 2.43. The molecular formula is C103H97N21O5. The van der Waals surface area contributed by atoms with Crippen LogP contribution < -0.4 is 49.0 Å². The first-order valence-electron chi connectivity index (χ1n) is 43.8. The van der Waals surface area contributed by atoms with E-state index in [9.17, 15) is 0 Å². The van der Waals surface area contributed by atoms with Gasteiger partial charge in [-0.15, -0.1) is 0 Å². The number of pyridine rings is 9. The summed E-state index contributed by atoms with van der Waals surface area (Å²) in [6, 6.07) is 58.5. The van der Waals surface area contributed by atoms with Crippen LogP contribution in [-0.4, -0.2) is 119 Å². The van der Waals surface area contributed by atoms with Crippen molar-refractivity contribution >= 4 is 196 Å². The van der Waals surface area contributed by atoms with E-state index in [2.05, 4.69) is 319 Å². The van der Waals surface area contributed by atoms with E-state index in [0.29, 0.717) is 40.7 Å². The lowest BCUT2D eigenvalue weighted by molar-refractivity contribution is 0.597. The molecule has 5 aromatic carbocycles. The second-order valence-electron chi connectivity index (χ2n) is 34.3. The summed E-state index contributed by atoms with van der Waals surface area (Å²) in [6.45, 7) is 30.4. The van der Waals surface area contributed by atoms with Gasteiger partial charge in [0, 0.05) is 155 Å². The Morgan fingerprint density at radius 1 is 0.225 bits per heavy atom. The largest absolute Gasteiger partial charge is 0.435 e. The first-order chi connectivity index (χ1) is 62.6. The number of benzene rings is 5. The van der Waals surface area contributed by atoms with Crippen LogP contribution in [0, 0.1) is 34.6 Å². The Hall–Kier alpha value is -15.5. The molecule has 0 fully saturated rings. The van der Waals surface area contributed by atoms with Crippen LogP contribution >= 0.6 is 0 Å². The zero-order chi connectivity index (χ0) is 88.8. The van der Waals surface area contributed by atoms with Gasteiger partial charge in [-0.25, -0.2) is 54.8 Å². The number of aromatic nitrogens is 11. The van der Waals surface area contributed by atoms with Gasteiger partial charge in [-0.3, -0.25) is 4.90 Å². The molecule has 15 aromatic heterocycles. The van der Waals surface area contributed by atoms with Crippen LogP contribution in [0.2, 0.25) is 0 Å². The van der Waals surface area contributed by atoms with Crippen molar-refractivity contribution in [2.24, 2.45) is 0 Å². The van der Waals surface area contributed by atoms with Gasteiger partial charge in [0.1, 0.15) is 30.8 Å². The molecule has 0 bridgehead atoms. The molecule has 20 heterocycles. The number of fused-ring (bicyclic) bond motifs is 20. The Labute approximate surface area is 745 Å². The molecule has 5 atom stereocenters. The van der Waals surface area contributed by atoms with Gasteiger partial charge < -0.3 is 66.2 Å². The molecule has 0 amide bonds. The molecule has 5 unspecified atom stereocenters. The number of anilines is 15. The topological polar surface area (TPSA) is 240 Å². The Morgan fingerprint density at radius 2 is 0.481 bits per heavy atom. The average molecular weight is 1710 g/mol. The summed E-state index contributed by atoms with van der Waals surface area (Å²) in [5, 5.41) is 10.6. The summed E-state index contributed by atoms with van der Waals surface area (Å²) in [5.74, 6) is 5.66. The van der Waals surface area contributed by atoms with Gasteiger partial charge >= 0.3 is 0 Å². The van der Waals surface area contributed by atoms with Crippen molar-refractivity contribution in [3.63, 3.8) is 0 Å². The lowest BCUT2D eigenvalue weighted by atomic mass is 10.1. The zero-order valence-corrected chi connectivity index (χ0v) is 75.0. The molecule has 644 valence electrons. The van der Waals surface area contributed by atoms with Gasteiger partial charge in [0.25, 0.3) is 0 Å². The number of aryl methyl sites for hydroxylation is 5. The molecule has 5 aliphatic rings. The first kappa shape index (κ1) is 80.6. The Kier molecular flexibility index (Phi) is 19.7. The Balaban J connectivity index is 0.0000000978. The quantitative estimate of drug-likeness (QED) is 0.144. The lowest BCUT2D eigenvalue weighted by Gasteiger charge is -2.33. The maximum atomic E-state index is 6.24. The molecule has 20 aromatic rings. The highest BCUT2D eigenvalue weighted by molar-refractivity contribution is 6.15. The highest BCUT2D eigenvalue weighted by atomic mass is 16.4. The third-order valence-corrected chi connectivity index (χ3v) is 26.1. The van der Waals surface area contributed by atoms with E-state index in [-0.39, 0.29) is 30.8 Å².